The summed E-state index contributed by atoms with van der Waals surface area (Å²) in [5.74, 6) is 0. The van der Waals surface area contributed by atoms with Gasteiger partial charge < -0.3 is 5.73 Å². The molecule has 0 aliphatic carbocycles. The van der Waals surface area contributed by atoms with Crippen molar-refractivity contribution in [2.75, 3.05) is 7.05 Å². The highest BCUT2D eigenvalue weighted by atomic mass is 32.1. The maximum atomic E-state index is 5.68. The molecule has 0 amide bonds. The number of benzene rings is 1. The summed E-state index contributed by atoms with van der Waals surface area (Å²) in [7, 11) is 2.10. The van der Waals surface area contributed by atoms with Crippen LogP contribution in [0, 0.1) is 0 Å². The summed E-state index contributed by atoms with van der Waals surface area (Å²) in [6, 6.07) is 8.56. The Balaban J connectivity index is 2.89. The van der Waals surface area contributed by atoms with Gasteiger partial charge in [-0.2, -0.15) is 0 Å². The minimum absolute atomic E-state index is 0.475. The fraction of sp³-hybridized carbons (Fsp3) is 0.417. The summed E-state index contributed by atoms with van der Waals surface area (Å²) >= 11 is 5.03. The van der Waals surface area contributed by atoms with Crippen molar-refractivity contribution in [3.8, 4) is 0 Å². The highest BCUT2D eigenvalue weighted by Gasteiger charge is 2.08. The average molecular weight is 222 g/mol. The second kappa shape index (κ2) is 5.24. The molecule has 0 aliphatic rings. The maximum absolute atomic E-state index is 5.68. The van der Waals surface area contributed by atoms with E-state index in [-0.39, 0.29) is 0 Å². The van der Waals surface area contributed by atoms with Crippen LogP contribution in [0.25, 0.3) is 0 Å². The fourth-order valence-corrected chi connectivity index (χ4v) is 1.55. The first-order valence-electron chi connectivity index (χ1n) is 5.10. The lowest BCUT2D eigenvalue weighted by Crippen LogP contribution is -2.27. The second-order valence-corrected chi connectivity index (χ2v) is 4.47. The van der Waals surface area contributed by atoms with E-state index in [9.17, 15) is 0 Å². The molecule has 82 valence electrons. The predicted molar refractivity (Wildman–Crippen MR) is 68.9 cm³/mol. The van der Waals surface area contributed by atoms with Crippen LogP contribution in [0.15, 0.2) is 24.3 Å². The van der Waals surface area contributed by atoms with E-state index < -0.39 is 0 Å². The molecule has 0 atom stereocenters. The first kappa shape index (κ1) is 12.1. The van der Waals surface area contributed by atoms with Crippen LogP contribution in [0.4, 0.5) is 0 Å². The van der Waals surface area contributed by atoms with Gasteiger partial charge in [0.15, 0.2) is 0 Å². The molecule has 0 fully saturated rings. The standard InChI is InChI=1S/C12H18N2S/c1-9(2)14(3)8-10-6-4-5-7-11(10)12(13)15/h4-7,9H,8H2,1-3H3,(H2,13,15). The Bertz CT molecular complexity index is 347. The van der Waals surface area contributed by atoms with Gasteiger partial charge in [-0.05, 0) is 26.5 Å². The van der Waals surface area contributed by atoms with Crippen LogP contribution in [0.5, 0.6) is 0 Å². The van der Waals surface area contributed by atoms with Crippen LogP contribution in [0.3, 0.4) is 0 Å². The maximum Gasteiger partial charge on any atom is 0.104 e. The van der Waals surface area contributed by atoms with Crippen LogP contribution < -0.4 is 5.73 Å². The number of rotatable bonds is 4. The van der Waals surface area contributed by atoms with Gasteiger partial charge in [-0.15, -0.1) is 0 Å². The zero-order chi connectivity index (χ0) is 11.4. The van der Waals surface area contributed by atoms with Crippen LogP contribution >= 0.6 is 12.2 Å². The molecule has 0 bridgehead atoms. The molecule has 0 radical (unpaired) electrons. The van der Waals surface area contributed by atoms with Crippen molar-refractivity contribution in [3.63, 3.8) is 0 Å². The van der Waals surface area contributed by atoms with Gasteiger partial charge in [0.1, 0.15) is 4.99 Å². The normalized spacial score (nSPS) is 11.0. The zero-order valence-corrected chi connectivity index (χ0v) is 10.3. The topological polar surface area (TPSA) is 29.3 Å². The average Bonchev–Trinajstić information content (AvgIpc) is 2.18. The third kappa shape index (κ3) is 3.29. The molecule has 1 rings (SSSR count). The molecule has 0 saturated heterocycles. The SMILES string of the molecule is CC(C)N(C)Cc1ccccc1C(N)=S. The number of hydrogen-bond acceptors (Lipinski definition) is 2. The first-order valence-corrected chi connectivity index (χ1v) is 5.51. The Morgan fingerprint density at radius 2 is 2.00 bits per heavy atom. The van der Waals surface area contributed by atoms with Crippen molar-refractivity contribution in [3.05, 3.63) is 35.4 Å². The van der Waals surface area contributed by atoms with Gasteiger partial charge in [0, 0.05) is 18.2 Å². The molecule has 3 heteroatoms. The molecule has 1 aromatic rings. The summed E-state index contributed by atoms with van der Waals surface area (Å²) in [5, 5.41) is 0. The monoisotopic (exact) mass is 222 g/mol. The highest BCUT2D eigenvalue weighted by molar-refractivity contribution is 7.80. The van der Waals surface area contributed by atoms with E-state index in [0.717, 1.165) is 12.1 Å². The summed E-state index contributed by atoms with van der Waals surface area (Å²) in [4.78, 5) is 2.74. The predicted octanol–water partition coefficient (Wildman–Crippen LogP) is 2.16. The number of hydrogen-bond donors (Lipinski definition) is 1. The van der Waals surface area contributed by atoms with Gasteiger partial charge in [0.2, 0.25) is 0 Å². The molecule has 0 saturated carbocycles. The molecule has 0 aromatic heterocycles. The Kier molecular flexibility index (Phi) is 4.24. The lowest BCUT2D eigenvalue weighted by Gasteiger charge is -2.22. The Morgan fingerprint density at radius 1 is 1.40 bits per heavy atom. The highest BCUT2D eigenvalue weighted by Crippen LogP contribution is 2.12. The molecule has 0 unspecified atom stereocenters. The fourth-order valence-electron chi connectivity index (χ4n) is 1.35. The molecule has 0 aliphatic heterocycles. The molecular formula is C12H18N2S. The van der Waals surface area contributed by atoms with E-state index in [1.54, 1.807) is 0 Å². The van der Waals surface area contributed by atoms with Crippen LogP contribution in [-0.4, -0.2) is 23.0 Å². The van der Waals surface area contributed by atoms with E-state index in [4.69, 9.17) is 18.0 Å². The molecule has 0 spiro atoms. The number of nitrogens with zero attached hydrogens (tertiary/aromatic N) is 1. The first-order chi connectivity index (χ1) is 7.02. The third-order valence-electron chi connectivity index (χ3n) is 2.58. The van der Waals surface area contributed by atoms with Gasteiger partial charge in [-0.3, -0.25) is 4.90 Å². The summed E-state index contributed by atoms with van der Waals surface area (Å²) in [6.07, 6.45) is 0. The molecule has 2 N–H and O–H groups in total. The van der Waals surface area contributed by atoms with E-state index in [0.29, 0.717) is 11.0 Å². The minimum Gasteiger partial charge on any atom is -0.389 e. The van der Waals surface area contributed by atoms with E-state index in [1.165, 1.54) is 5.56 Å². The molecule has 1 aromatic carbocycles. The van der Waals surface area contributed by atoms with Crippen LogP contribution in [0.1, 0.15) is 25.0 Å². The Labute approximate surface area is 97.1 Å². The van der Waals surface area contributed by atoms with E-state index in [2.05, 4.69) is 31.9 Å². The van der Waals surface area contributed by atoms with E-state index in [1.807, 2.05) is 18.2 Å². The summed E-state index contributed by atoms with van der Waals surface area (Å²) in [5.41, 5.74) is 7.86. The van der Waals surface area contributed by atoms with Crippen molar-refractivity contribution < 1.29 is 0 Å². The number of thiocarbonyl (C=S) groups is 1. The van der Waals surface area contributed by atoms with Crippen molar-refractivity contribution in [1.29, 1.82) is 0 Å². The number of nitrogens with two attached hydrogens (primary N) is 1. The van der Waals surface area contributed by atoms with Crippen molar-refractivity contribution in [2.24, 2.45) is 5.73 Å². The van der Waals surface area contributed by atoms with Gasteiger partial charge in [0.05, 0.1) is 0 Å². The van der Waals surface area contributed by atoms with Gasteiger partial charge >= 0.3 is 0 Å². The van der Waals surface area contributed by atoms with Gasteiger partial charge in [0.25, 0.3) is 0 Å². The molecular weight excluding hydrogens is 204 g/mol. The van der Waals surface area contributed by atoms with Crippen molar-refractivity contribution >= 4 is 17.2 Å². The van der Waals surface area contributed by atoms with Crippen molar-refractivity contribution in [1.82, 2.24) is 4.90 Å². The Morgan fingerprint density at radius 3 is 2.53 bits per heavy atom. The largest absolute Gasteiger partial charge is 0.389 e. The summed E-state index contributed by atoms with van der Waals surface area (Å²) in [6.45, 7) is 5.22. The van der Waals surface area contributed by atoms with E-state index >= 15 is 0 Å². The lowest BCUT2D eigenvalue weighted by molar-refractivity contribution is 0.265. The van der Waals surface area contributed by atoms with Gasteiger partial charge in [-0.25, -0.2) is 0 Å². The van der Waals surface area contributed by atoms with Crippen molar-refractivity contribution in [2.45, 2.75) is 26.4 Å². The lowest BCUT2D eigenvalue weighted by atomic mass is 10.1. The smallest absolute Gasteiger partial charge is 0.104 e. The molecule has 0 heterocycles. The summed E-state index contributed by atoms with van der Waals surface area (Å²) < 4.78 is 0. The van der Waals surface area contributed by atoms with Crippen LogP contribution in [0.2, 0.25) is 0 Å². The van der Waals surface area contributed by atoms with Crippen LogP contribution in [-0.2, 0) is 6.54 Å². The van der Waals surface area contributed by atoms with Gasteiger partial charge in [-0.1, -0.05) is 36.5 Å². The minimum atomic E-state index is 0.475. The molecule has 2 nitrogen and oxygen atoms in total. The third-order valence-corrected chi connectivity index (χ3v) is 2.80. The zero-order valence-electron chi connectivity index (χ0n) is 9.53. The quantitative estimate of drug-likeness (QED) is 0.792. The second-order valence-electron chi connectivity index (χ2n) is 4.03. The Hall–Kier alpha value is -0.930. The molecule has 15 heavy (non-hydrogen) atoms.